The van der Waals surface area contributed by atoms with E-state index >= 15 is 0 Å². The monoisotopic (exact) mass is 370 g/mol. The molecule has 0 fully saturated rings. The topological polar surface area (TPSA) is 122 Å². The van der Waals surface area contributed by atoms with Crippen LogP contribution < -0.4 is 10.0 Å². The van der Waals surface area contributed by atoms with Crippen molar-refractivity contribution in [3.8, 4) is 0 Å². The van der Waals surface area contributed by atoms with Crippen molar-refractivity contribution in [2.75, 3.05) is 20.3 Å². The summed E-state index contributed by atoms with van der Waals surface area (Å²) in [5, 5.41) is 11.5. The van der Waals surface area contributed by atoms with Crippen molar-refractivity contribution in [3.05, 3.63) is 42.0 Å². The van der Waals surface area contributed by atoms with Crippen LogP contribution in [0.2, 0.25) is 0 Å². The number of allylic oxidation sites excluding steroid dienone is 1. The number of carbonyl (C=O) groups is 2. The van der Waals surface area contributed by atoms with Crippen molar-refractivity contribution in [1.29, 1.82) is 0 Å². The van der Waals surface area contributed by atoms with Gasteiger partial charge >= 0.3 is 5.97 Å². The SMILES string of the molecule is C/C=C/CC(NC(=O)c1cccc(S(=O)(=O)NCCOC)c1)C(=O)O. The molecule has 1 amide bonds. The number of aliphatic carboxylic acids is 1. The van der Waals surface area contributed by atoms with Gasteiger partial charge in [0.15, 0.2) is 0 Å². The van der Waals surface area contributed by atoms with Gasteiger partial charge in [-0.05, 0) is 31.5 Å². The zero-order valence-electron chi connectivity index (χ0n) is 14.1. The van der Waals surface area contributed by atoms with Gasteiger partial charge in [-0.15, -0.1) is 0 Å². The Kier molecular flexibility index (Phi) is 8.26. The molecule has 1 rings (SSSR count). The summed E-state index contributed by atoms with van der Waals surface area (Å²) in [6.45, 7) is 2.05. The normalized spacial score (nSPS) is 12.9. The third-order valence-electron chi connectivity index (χ3n) is 3.22. The fourth-order valence-electron chi connectivity index (χ4n) is 1.90. The van der Waals surface area contributed by atoms with E-state index < -0.39 is 27.9 Å². The molecule has 0 aliphatic heterocycles. The molecule has 0 aromatic heterocycles. The lowest BCUT2D eigenvalue weighted by Gasteiger charge is -2.13. The molecule has 0 bridgehead atoms. The maximum Gasteiger partial charge on any atom is 0.326 e. The molecule has 0 aliphatic carbocycles. The first kappa shape index (κ1) is 20.8. The highest BCUT2D eigenvalue weighted by Crippen LogP contribution is 2.12. The second-order valence-electron chi connectivity index (χ2n) is 5.09. The Balaban J connectivity index is 2.92. The lowest BCUT2D eigenvalue weighted by Crippen LogP contribution is -2.40. The third kappa shape index (κ3) is 6.65. The smallest absolute Gasteiger partial charge is 0.326 e. The standard InChI is InChI=1S/C16H22N2O6S/c1-3-4-8-14(16(20)21)18-15(19)12-6-5-7-13(11-12)25(22,23)17-9-10-24-2/h3-7,11,14,17H,8-10H2,1-2H3,(H,18,19)(H,20,21)/b4-3+. The molecule has 3 N–H and O–H groups in total. The highest BCUT2D eigenvalue weighted by molar-refractivity contribution is 7.89. The van der Waals surface area contributed by atoms with Crippen LogP contribution in [0.3, 0.4) is 0 Å². The van der Waals surface area contributed by atoms with Crippen LogP contribution in [0.4, 0.5) is 0 Å². The van der Waals surface area contributed by atoms with Crippen molar-refractivity contribution < 1.29 is 27.9 Å². The Morgan fingerprint density at radius 3 is 2.68 bits per heavy atom. The molecule has 1 unspecified atom stereocenters. The highest BCUT2D eigenvalue weighted by atomic mass is 32.2. The lowest BCUT2D eigenvalue weighted by molar-refractivity contribution is -0.139. The van der Waals surface area contributed by atoms with Crippen molar-refractivity contribution in [2.24, 2.45) is 0 Å². The molecule has 0 heterocycles. The molecular weight excluding hydrogens is 348 g/mol. The average Bonchev–Trinajstić information content (AvgIpc) is 2.58. The van der Waals surface area contributed by atoms with Crippen molar-refractivity contribution in [1.82, 2.24) is 10.0 Å². The van der Waals surface area contributed by atoms with Gasteiger partial charge in [0.2, 0.25) is 10.0 Å². The number of hydrogen-bond acceptors (Lipinski definition) is 5. The predicted octanol–water partition coefficient (Wildman–Crippen LogP) is 0.761. The second kappa shape index (κ2) is 9.92. The van der Waals surface area contributed by atoms with E-state index in [0.717, 1.165) is 0 Å². The van der Waals surface area contributed by atoms with E-state index in [1.54, 1.807) is 19.1 Å². The number of carboxylic acid groups (broad SMARTS) is 1. The molecule has 25 heavy (non-hydrogen) atoms. The first-order valence-corrected chi connectivity index (χ1v) is 9.03. The Morgan fingerprint density at radius 2 is 2.08 bits per heavy atom. The van der Waals surface area contributed by atoms with Gasteiger partial charge in [-0.1, -0.05) is 18.2 Å². The van der Waals surface area contributed by atoms with Gasteiger partial charge in [-0.25, -0.2) is 17.9 Å². The van der Waals surface area contributed by atoms with Gasteiger partial charge in [0, 0.05) is 19.2 Å². The Morgan fingerprint density at radius 1 is 1.36 bits per heavy atom. The molecule has 1 aromatic rings. The predicted molar refractivity (Wildman–Crippen MR) is 91.8 cm³/mol. The number of ether oxygens (including phenoxy) is 1. The fraction of sp³-hybridized carbons (Fsp3) is 0.375. The van der Waals surface area contributed by atoms with Gasteiger partial charge in [-0.2, -0.15) is 0 Å². The molecule has 0 saturated carbocycles. The Hall–Kier alpha value is -2.23. The molecule has 8 nitrogen and oxygen atoms in total. The number of amides is 1. The summed E-state index contributed by atoms with van der Waals surface area (Å²) in [4.78, 5) is 23.3. The maximum absolute atomic E-state index is 12.2. The van der Waals surface area contributed by atoms with E-state index in [-0.39, 0.29) is 30.0 Å². The number of rotatable bonds is 10. The number of methoxy groups -OCH3 is 1. The number of benzene rings is 1. The van der Waals surface area contributed by atoms with Gasteiger partial charge in [0.05, 0.1) is 11.5 Å². The van der Waals surface area contributed by atoms with E-state index in [9.17, 15) is 18.0 Å². The first-order valence-electron chi connectivity index (χ1n) is 7.55. The molecule has 0 aliphatic rings. The van der Waals surface area contributed by atoms with Gasteiger partial charge in [0.25, 0.3) is 5.91 Å². The number of carboxylic acids is 1. The van der Waals surface area contributed by atoms with Crippen LogP contribution in [0.25, 0.3) is 0 Å². The lowest BCUT2D eigenvalue weighted by atomic mass is 10.1. The molecule has 1 aromatic carbocycles. The van der Waals surface area contributed by atoms with Crippen LogP contribution in [0, 0.1) is 0 Å². The van der Waals surface area contributed by atoms with Crippen LogP contribution in [0.15, 0.2) is 41.3 Å². The van der Waals surface area contributed by atoms with E-state index in [1.165, 1.54) is 31.4 Å². The molecule has 138 valence electrons. The third-order valence-corrected chi connectivity index (χ3v) is 4.67. The average molecular weight is 370 g/mol. The first-order chi connectivity index (χ1) is 11.8. The zero-order chi connectivity index (χ0) is 18.9. The molecule has 1 atom stereocenters. The molecular formula is C16H22N2O6S. The quantitative estimate of drug-likeness (QED) is 0.413. The van der Waals surface area contributed by atoms with Crippen LogP contribution in [-0.2, 0) is 19.6 Å². The summed E-state index contributed by atoms with van der Waals surface area (Å²) in [5.74, 6) is -1.83. The number of sulfonamides is 1. The van der Waals surface area contributed by atoms with Crippen molar-refractivity contribution in [2.45, 2.75) is 24.3 Å². The van der Waals surface area contributed by atoms with Crippen LogP contribution in [-0.4, -0.2) is 51.7 Å². The van der Waals surface area contributed by atoms with E-state index in [0.29, 0.717) is 0 Å². The Bertz CT molecular complexity index is 730. The zero-order valence-corrected chi connectivity index (χ0v) is 14.9. The minimum atomic E-state index is -3.79. The van der Waals surface area contributed by atoms with Crippen LogP contribution in [0.5, 0.6) is 0 Å². The maximum atomic E-state index is 12.2. The summed E-state index contributed by atoms with van der Waals surface area (Å²) in [6, 6.07) is 4.28. The van der Waals surface area contributed by atoms with Crippen LogP contribution in [0.1, 0.15) is 23.7 Å². The van der Waals surface area contributed by atoms with E-state index in [2.05, 4.69) is 10.0 Å². The van der Waals surface area contributed by atoms with Gasteiger partial charge in [-0.3, -0.25) is 4.79 Å². The van der Waals surface area contributed by atoms with E-state index in [1.807, 2.05) is 0 Å². The summed E-state index contributed by atoms with van der Waals surface area (Å²) in [7, 11) is -2.33. The molecule has 0 saturated heterocycles. The molecule has 0 radical (unpaired) electrons. The Labute approximate surface area is 146 Å². The molecule has 0 spiro atoms. The second-order valence-corrected chi connectivity index (χ2v) is 6.85. The minimum Gasteiger partial charge on any atom is -0.480 e. The van der Waals surface area contributed by atoms with Gasteiger partial charge in [0.1, 0.15) is 6.04 Å². The summed E-state index contributed by atoms with van der Waals surface area (Å²) >= 11 is 0. The van der Waals surface area contributed by atoms with E-state index in [4.69, 9.17) is 9.84 Å². The van der Waals surface area contributed by atoms with Crippen LogP contribution >= 0.6 is 0 Å². The fourth-order valence-corrected chi connectivity index (χ4v) is 2.96. The summed E-state index contributed by atoms with van der Waals surface area (Å²) < 4.78 is 31.4. The van der Waals surface area contributed by atoms with Gasteiger partial charge < -0.3 is 15.2 Å². The number of nitrogens with one attached hydrogen (secondary N) is 2. The van der Waals surface area contributed by atoms with Crippen molar-refractivity contribution >= 4 is 21.9 Å². The number of carbonyl (C=O) groups excluding carboxylic acids is 1. The van der Waals surface area contributed by atoms with Crippen molar-refractivity contribution in [3.63, 3.8) is 0 Å². The summed E-state index contributed by atoms with van der Waals surface area (Å²) in [5.41, 5.74) is 0.0568. The largest absolute Gasteiger partial charge is 0.480 e. The number of hydrogen-bond donors (Lipinski definition) is 3. The minimum absolute atomic E-state index is 0.0568. The highest BCUT2D eigenvalue weighted by Gasteiger charge is 2.21. The summed E-state index contributed by atoms with van der Waals surface area (Å²) in [6.07, 6.45) is 3.44. The molecule has 9 heteroatoms.